The van der Waals surface area contributed by atoms with Crippen molar-refractivity contribution in [3.63, 3.8) is 0 Å². The lowest BCUT2D eigenvalue weighted by Crippen LogP contribution is -2.37. The molecular weight excluding hydrogens is 233 g/mol. The lowest BCUT2D eigenvalue weighted by Gasteiger charge is -2.24. The molecule has 0 saturated carbocycles. The molecule has 0 fully saturated rings. The molecule has 0 bridgehead atoms. The first-order valence-electron chi connectivity index (χ1n) is 6.18. The Morgan fingerprint density at radius 2 is 2.33 bits per heavy atom. The second-order valence-corrected chi connectivity index (χ2v) is 4.55. The summed E-state index contributed by atoms with van der Waals surface area (Å²) in [5.74, 6) is 0. The number of allylic oxidation sites excluding steroid dienone is 3. The minimum Gasteiger partial charge on any atom is -0.497 e. The highest BCUT2D eigenvalue weighted by Crippen LogP contribution is 2.37. The maximum absolute atomic E-state index is 9.09. The number of aliphatic hydroxyl groups is 1. The van der Waals surface area contributed by atoms with E-state index in [0.717, 1.165) is 16.6 Å². The van der Waals surface area contributed by atoms with Crippen molar-refractivity contribution in [2.45, 2.75) is 18.6 Å². The van der Waals surface area contributed by atoms with Gasteiger partial charge in [0.05, 0.1) is 18.5 Å². The summed E-state index contributed by atoms with van der Waals surface area (Å²) in [5, 5.41) is 9.09. The van der Waals surface area contributed by atoms with Crippen molar-refractivity contribution in [3.05, 3.63) is 35.0 Å². The summed E-state index contributed by atoms with van der Waals surface area (Å²) < 4.78 is 17.1. The molecule has 0 aromatic rings. The molecule has 96 valence electrons. The van der Waals surface area contributed by atoms with E-state index in [9.17, 15) is 0 Å². The summed E-state index contributed by atoms with van der Waals surface area (Å²) in [5.41, 5.74) is 8.83. The molecule has 0 radical (unpaired) electrons. The van der Waals surface area contributed by atoms with Gasteiger partial charge in [0.25, 0.3) is 0 Å². The lowest BCUT2D eigenvalue weighted by molar-refractivity contribution is 0.124. The normalized spacial score (nSPS) is 29.9. The number of ether oxygens (including phenoxy) is 1. The van der Waals surface area contributed by atoms with Crippen LogP contribution in [0.1, 0.15) is 6.42 Å². The predicted octanol–water partition coefficient (Wildman–Crippen LogP) is -0.0806. The van der Waals surface area contributed by atoms with Crippen molar-refractivity contribution >= 4 is 7.12 Å². The number of rotatable bonds is 3. The molecule has 0 saturated heterocycles. The summed E-state index contributed by atoms with van der Waals surface area (Å²) in [7, 11) is -0.378. The molecule has 3 rings (SSSR count). The summed E-state index contributed by atoms with van der Waals surface area (Å²) in [6.07, 6.45) is 5.91. The Kier molecular flexibility index (Phi) is 3.26. The molecule has 3 aliphatic rings. The molecule has 2 atom stereocenters. The molecule has 0 aromatic carbocycles. The van der Waals surface area contributed by atoms with Gasteiger partial charge in [0.15, 0.2) is 0 Å². The Morgan fingerprint density at radius 3 is 3.11 bits per heavy atom. The second kappa shape index (κ2) is 4.89. The first-order valence-corrected chi connectivity index (χ1v) is 6.18. The topological polar surface area (TPSA) is 73.9 Å². The van der Waals surface area contributed by atoms with Gasteiger partial charge in [0, 0.05) is 13.2 Å². The molecule has 2 unspecified atom stereocenters. The maximum Gasteiger partial charge on any atom is 0.495 e. The van der Waals surface area contributed by atoms with Crippen LogP contribution < -0.4 is 5.73 Å². The summed E-state index contributed by atoms with van der Waals surface area (Å²) in [6.45, 7) is 0.993. The van der Waals surface area contributed by atoms with Gasteiger partial charge in [-0.25, -0.2) is 0 Å². The minimum absolute atomic E-state index is 0.0843. The van der Waals surface area contributed by atoms with Gasteiger partial charge in [0.1, 0.15) is 6.61 Å². The summed E-state index contributed by atoms with van der Waals surface area (Å²) in [4.78, 5) is 0. The molecule has 0 aliphatic carbocycles. The zero-order valence-electron chi connectivity index (χ0n) is 10.0. The zero-order valence-corrected chi connectivity index (χ0v) is 10.0. The van der Waals surface area contributed by atoms with E-state index in [2.05, 4.69) is 0 Å². The van der Waals surface area contributed by atoms with Crippen LogP contribution in [0.25, 0.3) is 0 Å². The Bertz CT molecular complexity index is 432. The summed E-state index contributed by atoms with van der Waals surface area (Å²) >= 11 is 0. The minimum atomic E-state index is -0.378. The Labute approximate surface area is 106 Å². The molecule has 0 spiro atoms. The van der Waals surface area contributed by atoms with E-state index in [1.807, 2.05) is 12.2 Å². The quantitative estimate of drug-likeness (QED) is 0.684. The van der Waals surface area contributed by atoms with Gasteiger partial charge >= 0.3 is 7.12 Å². The van der Waals surface area contributed by atoms with Crippen molar-refractivity contribution < 1.29 is 19.2 Å². The zero-order chi connectivity index (χ0) is 12.5. The fourth-order valence-electron chi connectivity index (χ4n) is 2.59. The monoisotopic (exact) mass is 249 g/mol. The Hall–Kier alpha value is -1.08. The third-order valence-electron chi connectivity index (χ3n) is 3.44. The van der Waals surface area contributed by atoms with Crippen molar-refractivity contribution in [3.8, 4) is 0 Å². The first-order chi connectivity index (χ1) is 8.83. The highest BCUT2D eigenvalue weighted by Gasteiger charge is 2.44. The van der Waals surface area contributed by atoms with Crippen LogP contribution in [0.3, 0.4) is 0 Å². The van der Waals surface area contributed by atoms with Gasteiger partial charge in [-0.05, 0) is 35.2 Å². The predicted molar refractivity (Wildman–Crippen MR) is 66.5 cm³/mol. The third-order valence-corrected chi connectivity index (χ3v) is 3.44. The molecule has 3 heterocycles. The third kappa shape index (κ3) is 1.91. The van der Waals surface area contributed by atoms with Gasteiger partial charge in [-0.15, -0.1) is 0 Å². The van der Waals surface area contributed by atoms with Crippen molar-refractivity contribution in [1.29, 1.82) is 0 Å². The lowest BCUT2D eigenvalue weighted by atomic mass is 9.70. The second-order valence-electron chi connectivity index (χ2n) is 4.55. The molecule has 18 heavy (non-hydrogen) atoms. The van der Waals surface area contributed by atoms with Crippen LogP contribution in [0.4, 0.5) is 0 Å². The van der Waals surface area contributed by atoms with E-state index in [1.165, 1.54) is 0 Å². The average Bonchev–Trinajstić information content (AvgIpc) is 2.58. The highest BCUT2D eigenvalue weighted by molar-refractivity contribution is 6.57. The molecule has 3 N–H and O–H groups in total. The van der Waals surface area contributed by atoms with Crippen molar-refractivity contribution in [2.75, 3.05) is 19.8 Å². The van der Waals surface area contributed by atoms with Crippen LogP contribution in [0.15, 0.2) is 35.0 Å². The highest BCUT2D eigenvalue weighted by atomic mass is 16.6. The Morgan fingerprint density at radius 1 is 1.44 bits per heavy atom. The largest absolute Gasteiger partial charge is 0.497 e. The fourth-order valence-corrected chi connectivity index (χ4v) is 2.59. The van der Waals surface area contributed by atoms with Crippen LogP contribution in [-0.4, -0.2) is 44.2 Å². The number of hydrogen-bond donors (Lipinski definition) is 2. The molecule has 0 aromatic heterocycles. The van der Waals surface area contributed by atoms with Crippen LogP contribution in [0.5, 0.6) is 0 Å². The van der Waals surface area contributed by atoms with Gasteiger partial charge < -0.3 is 24.9 Å². The van der Waals surface area contributed by atoms with Crippen LogP contribution in [0.2, 0.25) is 0 Å². The number of aliphatic hydroxyl groups excluding tert-OH is 1. The van der Waals surface area contributed by atoms with Crippen LogP contribution >= 0.6 is 0 Å². The van der Waals surface area contributed by atoms with E-state index in [0.29, 0.717) is 19.6 Å². The van der Waals surface area contributed by atoms with Crippen molar-refractivity contribution in [2.24, 2.45) is 5.73 Å². The average molecular weight is 249 g/mol. The van der Waals surface area contributed by atoms with E-state index < -0.39 is 0 Å². The molecule has 3 aliphatic heterocycles. The molecule has 6 heteroatoms. The fraction of sp³-hybridized carbons (Fsp3) is 0.500. The number of hydrogen-bond acceptors (Lipinski definition) is 5. The van der Waals surface area contributed by atoms with E-state index in [4.69, 9.17) is 24.9 Å². The molecule has 0 amide bonds. The maximum atomic E-state index is 9.09. The van der Waals surface area contributed by atoms with Crippen LogP contribution in [0, 0.1) is 0 Å². The van der Waals surface area contributed by atoms with Gasteiger partial charge in [-0.1, -0.05) is 0 Å². The van der Waals surface area contributed by atoms with E-state index in [1.54, 1.807) is 6.26 Å². The van der Waals surface area contributed by atoms with Gasteiger partial charge in [-0.2, -0.15) is 0 Å². The molecular formula is C12H16BNO4. The SMILES string of the molecule is NCC1C=C2C=COCC3=C2B(O1)OC3CCO. The standard InChI is InChI=1S/C12H16BNO4/c14-6-9-5-8-2-4-16-7-10-11(1-3-15)18-13(17-9)12(8)10/h2,4-5,9,11,15H,1,3,6-7,14H2. The summed E-state index contributed by atoms with van der Waals surface area (Å²) in [6, 6.07) is 0. The first kappa shape index (κ1) is 12.0. The van der Waals surface area contributed by atoms with Gasteiger partial charge in [0.2, 0.25) is 0 Å². The van der Waals surface area contributed by atoms with E-state index >= 15 is 0 Å². The molecule has 5 nitrogen and oxygen atoms in total. The number of nitrogens with two attached hydrogens (primary N) is 1. The van der Waals surface area contributed by atoms with Gasteiger partial charge in [-0.3, -0.25) is 0 Å². The van der Waals surface area contributed by atoms with Crippen LogP contribution in [-0.2, 0) is 14.0 Å². The Balaban J connectivity index is 1.98. The smallest absolute Gasteiger partial charge is 0.495 e. The van der Waals surface area contributed by atoms with E-state index in [-0.39, 0.29) is 25.9 Å². The van der Waals surface area contributed by atoms with Crippen molar-refractivity contribution in [1.82, 2.24) is 0 Å².